The average molecular weight is 226 g/mol. The van der Waals surface area contributed by atoms with Gasteiger partial charge >= 0.3 is 0 Å². The molecule has 1 heterocycles. The van der Waals surface area contributed by atoms with Crippen LogP contribution in [0.5, 0.6) is 0 Å². The zero-order valence-electron chi connectivity index (χ0n) is 8.13. The van der Waals surface area contributed by atoms with E-state index >= 15 is 0 Å². The van der Waals surface area contributed by atoms with E-state index in [2.05, 4.69) is 15.3 Å². The summed E-state index contributed by atoms with van der Waals surface area (Å²) in [6, 6.07) is 5.54. The molecule has 0 aliphatic carbocycles. The molecule has 0 spiro atoms. The highest BCUT2D eigenvalue weighted by Crippen LogP contribution is 2.16. The van der Waals surface area contributed by atoms with Crippen molar-refractivity contribution in [2.24, 2.45) is 0 Å². The molecule has 0 saturated carbocycles. The molecule has 2 rings (SSSR count). The van der Waals surface area contributed by atoms with Gasteiger partial charge in [0.05, 0.1) is 24.2 Å². The number of H-pyrrole nitrogens is 1. The van der Waals surface area contributed by atoms with Crippen molar-refractivity contribution in [3.8, 4) is 0 Å². The number of nitrogens with one attached hydrogen (secondary N) is 2. The standard InChI is InChI=1S/C10H12ClN3O/c11-7-1-2-8-9(5-7)14-10(13-8)6-12-3-4-15/h1-2,5,12,15H,3-4,6H2,(H,13,14). The Morgan fingerprint density at radius 3 is 3.13 bits per heavy atom. The molecule has 0 aliphatic heterocycles. The minimum Gasteiger partial charge on any atom is -0.395 e. The van der Waals surface area contributed by atoms with Gasteiger partial charge in [-0.05, 0) is 18.2 Å². The number of nitrogens with zero attached hydrogens (tertiary/aromatic N) is 1. The number of aromatic amines is 1. The first-order valence-corrected chi connectivity index (χ1v) is 5.13. The number of benzene rings is 1. The van der Waals surface area contributed by atoms with Crippen molar-refractivity contribution in [2.45, 2.75) is 6.54 Å². The maximum atomic E-state index is 8.61. The number of hydrogen-bond acceptors (Lipinski definition) is 3. The van der Waals surface area contributed by atoms with Crippen molar-refractivity contribution in [2.75, 3.05) is 13.2 Å². The third-order valence-corrected chi connectivity index (χ3v) is 2.31. The number of fused-ring (bicyclic) bond motifs is 1. The predicted molar refractivity (Wildman–Crippen MR) is 59.9 cm³/mol. The van der Waals surface area contributed by atoms with Gasteiger partial charge in [-0.1, -0.05) is 11.6 Å². The molecule has 0 fully saturated rings. The maximum absolute atomic E-state index is 8.61. The molecular weight excluding hydrogens is 214 g/mol. The fraction of sp³-hybridized carbons (Fsp3) is 0.300. The van der Waals surface area contributed by atoms with E-state index in [1.54, 1.807) is 0 Å². The van der Waals surface area contributed by atoms with Gasteiger partial charge in [-0.2, -0.15) is 0 Å². The number of imidazole rings is 1. The second-order valence-electron chi connectivity index (χ2n) is 3.25. The van der Waals surface area contributed by atoms with Crippen LogP contribution in [0.15, 0.2) is 18.2 Å². The van der Waals surface area contributed by atoms with Gasteiger partial charge in [0.15, 0.2) is 0 Å². The Hall–Kier alpha value is -1.10. The Morgan fingerprint density at radius 1 is 1.47 bits per heavy atom. The lowest BCUT2D eigenvalue weighted by atomic mass is 10.3. The van der Waals surface area contributed by atoms with Gasteiger partial charge in [-0.3, -0.25) is 0 Å². The van der Waals surface area contributed by atoms with Crippen LogP contribution in [-0.4, -0.2) is 28.2 Å². The van der Waals surface area contributed by atoms with Crippen LogP contribution in [0.3, 0.4) is 0 Å². The topological polar surface area (TPSA) is 60.9 Å². The molecule has 4 nitrogen and oxygen atoms in total. The molecule has 0 radical (unpaired) electrons. The lowest BCUT2D eigenvalue weighted by molar-refractivity contribution is 0.291. The Morgan fingerprint density at radius 2 is 2.33 bits per heavy atom. The SMILES string of the molecule is OCCNCc1nc2ccc(Cl)cc2[nH]1. The van der Waals surface area contributed by atoms with Crippen LogP contribution in [0.1, 0.15) is 5.82 Å². The fourth-order valence-corrected chi connectivity index (χ4v) is 1.58. The summed E-state index contributed by atoms with van der Waals surface area (Å²) in [4.78, 5) is 7.52. The van der Waals surface area contributed by atoms with E-state index in [1.807, 2.05) is 18.2 Å². The first-order valence-electron chi connectivity index (χ1n) is 4.75. The van der Waals surface area contributed by atoms with Crippen LogP contribution < -0.4 is 5.32 Å². The number of rotatable bonds is 4. The Kier molecular flexibility index (Phi) is 3.20. The summed E-state index contributed by atoms with van der Waals surface area (Å²) in [5, 5.41) is 12.4. The molecule has 1 aromatic heterocycles. The monoisotopic (exact) mass is 225 g/mol. The van der Waals surface area contributed by atoms with Crippen molar-refractivity contribution in [3.05, 3.63) is 29.0 Å². The molecule has 15 heavy (non-hydrogen) atoms. The third kappa shape index (κ3) is 2.47. The summed E-state index contributed by atoms with van der Waals surface area (Å²) in [6.07, 6.45) is 0. The summed E-state index contributed by atoms with van der Waals surface area (Å²) in [5.41, 5.74) is 1.84. The molecule has 1 aromatic carbocycles. The third-order valence-electron chi connectivity index (χ3n) is 2.07. The van der Waals surface area contributed by atoms with Crippen LogP contribution in [0.4, 0.5) is 0 Å². The van der Waals surface area contributed by atoms with E-state index in [-0.39, 0.29) is 6.61 Å². The summed E-state index contributed by atoms with van der Waals surface area (Å²) in [6.45, 7) is 1.32. The molecule has 0 saturated heterocycles. The number of halogens is 1. The Bertz CT molecular complexity index is 455. The molecule has 2 aromatic rings. The van der Waals surface area contributed by atoms with E-state index in [9.17, 15) is 0 Å². The van der Waals surface area contributed by atoms with E-state index in [0.717, 1.165) is 16.9 Å². The van der Waals surface area contributed by atoms with E-state index < -0.39 is 0 Å². The van der Waals surface area contributed by atoms with Gasteiger partial charge in [0.25, 0.3) is 0 Å². The first kappa shape index (κ1) is 10.4. The summed E-state index contributed by atoms with van der Waals surface area (Å²) in [7, 11) is 0. The minimum atomic E-state index is 0.131. The van der Waals surface area contributed by atoms with Gasteiger partial charge in [-0.15, -0.1) is 0 Å². The van der Waals surface area contributed by atoms with Gasteiger partial charge < -0.3 is 15.4 Å². The average Bonchev–Trinajstić information content (AvgIpc) is 2.60. The number of aliphatic hydroxyl groups excluding tert-OH is 1. The highest BCUT2D eigenvalue weighted by molar-refractivity contribution is 6.31. The van der Waals surface area contributed by atoms with Crippen molar-refractivity contribution >= 4 is 22.6 Å². The fourth-order valence-electron chi connectivity index (χ4n) is 1.40. The van der Waals surface area contributed by atoms with Crippen molar-refractivity contribution in [1.29, 1.82) is 0 Å². The van der Waals surface area contributed by atoms with Crippen molar-refractivity contribution < 1.29 is 5.11 Å². The minimum absolute atomic E-state index is 0.131. The highest BCUT2D eigenvalue weighted by Gasteiger charge is 2.02. The molecule has 5 heteroatoms. The Balaban J connectivity index is 2.16. The Labute approximate surface area is 92.3 Å². The number of hydrogen-bond donors (Lipinski definition) is 3. The van der Waals surface area contributed by atoms with Crippen LogP contribution in [0.2, 0.25) is 5.02 Å². The molecule has 0 bridgehead atoms. The van der Waals surface area contributed by atoms with Crippen LogP contribution in [-0.2, 0) is 6.54 Å². The molecule has 3 N–H and O–H groups in total. The van der Waals surface area contributed by atoms with Gasteiger partial charge in [0.1, 0.15) is 5.82 Å². The first-order chi connectivity index (χ1) is 7.29. The molecule has 0 unspecified atom stereocenters. The highest BCUT2D eigenvalue weighted by atomic mass is 35.5. The molecular formula is C10H12ClN3O. The smallest absolute Gasteiger partial charge is 0.121 e. The van der Waals surface area contributed by atoms with Crippen LogP contribution >= 0.6 is 11.6 Å². The zero-order valence-corrected chi connectivity index (χ0v) is 8.88. The van der Waals surface area contributed by atoms with Crippen LogP contribution in [0.25, 0.3) is 11.0 Å². The second kappa shape index (κ2) is 4.61. The molecule has 0 amide bonds. The van der Waals surface area contributed by atoms with E-state index in [1.165, 1.54) is 0 Å². The summed E-state index contributed by atoms with van der Waals surface area (Å²) < 4.78 is 0. The van der Waals surface area contributed by atoms with Crippen LogP contribution in [0, 0.1) is 0 Å². The predicted octanol–water partition coefficient (Wildman–Crippen LogP) is 1.30. The normalized spacial score (nSPS) is 11.1. The van der Waals surface area contributed by atoms with E-state index in [0.29, 0.717) is 18.1 Å². The lowest BCUT2D eigenvalue weighted by Crippen LogP contribution is -2.18. The molecule has 80 valence electrons. The molecule has 0 aliphatic rings. The summed E-state index contributed by atoms with van der Waals surface area (Å²) >= 11 is 5.86. The number of aromatic nitrogens is 2. The lowest BCUT2D eigenvalue weighted by Gasteiger charge is -1.97. The van der Waals surface area contributed by atoms with Crippen molar-refractivity contribution in [1.82, 2.24) is 15.3 Å². The quantitative estimate of drug-likeness (QED) is 0.688. The second-order valence-corrected chi connectivity index (χ2v) is 3.68. The van der Waals surface area contributed by atoms with Gasteiger partial charge in [0, 0.05) is 11.6 Å². The zero-order chi connectivity index (χ0) is 10.7. The van der Waals surface area contributed by atoms with Gasteiger partial charge in [0.2, 0.25) is 0 Å². The summed E-state index contributed by atoms with van der Waals surface area (Å²) in [5.74, 6) is 0.848. The largest absolute Gasteiger partial charge is 0.395 e. The van der Waals surface area contributed by atoms with Crippen molar-refractivity contribution in [3.63, 3.8) is 0 Å². The maximum Gasteiger partial charge on any atom is 0.121 e. The number of aliphatic hydroxyl groups is 1. The van der Waals surface area contributed by atoms with Gasteiger partial charge in [-0.25, -0.2) is 4.98 Å². The van der Waals surface area contributed by atoms with E-state index in [4.69, 9.17) is 16.7 Å². The molecule has 0 atom stereocenters.